The van der Waals surface area contributed by atoms with Gasteiger partial charge in [0.2, 0.25) is 0 Å². The number of hydrogen-bond acceptors (Lipinski definition) is 6. The van der Waals surface area contributed by atoms with E-state index in [2.05, 4.69) is 15.6 Å². The molecule has 0 fully saturated rings. The number of primary amides is 1. The second-order valence-corrected chi connectivity index (χ2v) is 10.5. The van der Waals surface area contributed by atoms with Crippen molar-refractivity contribution in [3.8, 4) is 17.2 Å². The normalized spacial score (nSPS) is 11.1. The number of aromatic carboxylic acids is 1. The van der Waals surface area contributed by atoms with E-state index in [0.29, 0.717) is 40.7 Å². The SMILES string of the molecule is CCc1cc(-n2nc(C(C)(C)C)cc2NC(=O)Nc2ccc(Oc3ccnc(C(N)=O)c3)cc2Cl)ccc1C(=O)O. The quantitative estimate of drug-likeness (QED) is 0.199. The van der Waals surface area contributed by atoms with Crippen molar-refractivity contribution in [2.24, 2.45) is 5.73 Å². The number of carboxylic acids is 1. The van der Waals surface area contributed by atoms with Gasteiger partial charge in [-0.25, -0.2) is 14.3 Å². The van der Waals surface area contributed by atoms with Gasteiger partial charge in [0.25, 0.3) is 5.91 Å². The van der Waals surface area contributed by atoms with Gasteiger partial charge in [-0.3, -0.25) is 15.1 Å². The van der Waals surface area contributed by atoms with Crippen LogP contribution in [-0.4, -0.2) is 37.8 Å². The van der Waals surface area contributed by atoms with Crippen molar-refractivity contribution >= 4 is 41.0 Å². The minimum atomic E-state index is -1.01. The minimum Gasteiger partial charge on any atom is -0.478 e. The molecule has 12 heteroatoms. The molecule has 0 unspecified atom stereocenters. The van der Waals surface area contributed by atoms with Gasteiger partial charge in [-0.15, -0.1) is 0 Å². The molecule has 0 bridgehead atoms. The number of rotatable bonds is 8. The maximum absolute atomic E-state index is 13.0. The van der Waals surface area contributed by atoms with Gasteiger partial charge in [-0.2, -0.15) is 5.10 Å². The summed E-state index contributed by atoms with van der Waals surface area (Å²) in [4.78, 5) is 39.9. The summed E-state index contributed by atoms with van der Waals surface area (Å²) in [6.07, 6.45) is 1.91. The van der Waals surface area contributed by atoms with Crippen molar-refractivity contribution in [1.82, 2.24) is 14.8 Å². The molecule has 2 heterocycles. The molecule has 3 amide bonds. The zero-order valence-corrected chi connectivity index (χ0v) is 23.6. The minimum absolute atomic E-state index is 0.0566. The van der Waals surface area contributed by atoms with Gasteiger partial charge in [0.05, 0.1) is 27.7 Å². The molecule has 2 aromatic heterocycles. The molecule has 41 heavy (non-hydrogen) atoms. The number of ether oxygens (including phenoxy) is 1. The number of halogens is 1. The highest BCUT2D eigenvalue weighted by Gasteiger charge is 2.22. The van der Waals surface area contributed by atoms with Crippen LogP contribution in [0.3, 0.4) is 0 Å². The van der Waals surface area contributed by atoms with E-state index in [1.807, 2.05) is 27.7 Å². The average Bonchev–Trinajstić information content (AvgIpc) is 3.34. The van der Waals surface area contributed by atoms with E-state index >= 15 is 0 Å². The standard InChI is InChI=1S/C29H29ClN6O5/c1-5-16-12-17(6-8-20(16)27(38)39)36-25(15-24(35-36)29(2,3)4)34-28(40)33-22-9-7-18(13-21(22)30)41-19-10-11-32-23(14-19)26(31)37/h6-15H,5H2,1-4H3,(H2,31,37)(H,38,39)(H2,33,34,40). The number of aromatic nitrogens is 3. The lowest BCUT2D eigenvalue weighted by Crippen LogP contribution is -2.21. The zero-order chi connectivity index (χ0) is 29.9. The van der Waals surface area contributed by atoms with Crippen molar-refractivity contribution in [2.75, 3.05) is 10.6 Å². The molecule has 0 aliphatic rings. The molecular weight excluding hydrogens is 548 g/mol. The first-order valence-electron chi connectivity index (χ1n) is 12.6. The van der Waals surface area contributed by atoms with Crippen LogP contribution in [0.15, 0.2) is 60.8 Å². The van der Waals surface area contributed by atoms with Crippen molar-refractivity contribution < 1.29 is 24.2 Å². The first-order chi connectivity index (χ1) is 19.3. The largest absolute Gasteiger partial charge is 0.478 e. The van der Waals surface area contributed by atoms with Crippen LogP contribution in [0.25, 0.3) is 5.69 Å². The molecule has 0 saturated carbocycles. The Hall–Kier alpha value is -4.90. The van der Waals surface area contributed by atoms with Gasteiger partial charge in [-0.05, 0) is 48.4 Å². The van der Waals surface area contributed by atoms with Crippen molar-refractivity contribution in [3.05, 3.63) is 88.3 Å². The molecule has 2 aromatic carbocycles. The van der Waals surface area contributed by atoms with Gasteiger partial charge in [0.1, 0.15) is 23.0 Å². The summed E-state index contributed by atoms with van der Waals surface area (Å²) >= 11 is 6.41. The predicted molar refractivity (Wildman–Crippen MR) is 156 cm³/mol. The fraction of sp³-hybridized carbons (Fsp3) is 0.207. The Morgan fingerprint density at radius 2 is 1.76 bits per heavy atom. The summed E-state index contributed by atoms with van der Waals surface area (Å²) in [5.41, 5.74) is 7.51. The topological polar surface area (TPSA) is 161 Å². The third kappa shape index (κ3) is 6.82. The Labute approximate surface area is 241 Å². The zero-order valence-electron chi connectivity index (χ0n) is 22.9. The van der Waals surface area contributed by atoms with Crippen molar-refractivity contribution in [2.45, 2.75) is 39.5 Å². The summed E-state index contributed by atoms with van der Waals surface area (Å²) < 4.78 is 7.31. The lowest BCUT2D eigenvalue weighted by Gasteiger charge is -2.14. The molecule has 4 rings (SSSR count). The molecule has 0 spiro atoms. The Balaban J connectivity index is 1.56. The first-order valence-corrected chi connectivity index (χ1v) is 13.0. The molecule has 0 aliphatic heterocycles. The van der Waals surface area contributed by atoms with E-state index in [1.165, 1.54) is 24.4 Å². The third-order valence-electron chi connectivity index (χ3n) is 6.07. The number of carbonyl (C=O) groups excluding carboxylic acids is 2. The molecule has 0 aliphatic carbocycles. The first kappa shape index (κ1) is 29.1. The Morgan fingerprint density at radius 3 is 2.39 bits per heavy atom. The van der Waals surface area contributed by atoms with Gasteiger partial charge < -0.3 is 20.9 Å². The van der Waals surface area contributed by atoms with Crippen LogP contribution in [0, 0.1) is 0 Å². The van der Waals surface area contributed by atoms with Crippen LogP contribution in [0.2, 0.25) is 5.02 Å². The molecule has 11 nitrogen and oxygen atoms in total. The number of carbonyl (C=O) groups is 3. The number of hydrogen-bond donors (Lipinski definition) is 4. The number of anilines is 2. The maximum Gasteiger partial charge on any atom is 0.335 e. The smallest absolute Gasteiger partial charge is 0.335 e. The van der Waals surface area contributed by atoms with E-state index in [4.69, 9.17) is 27.2 Å². The number of nitrogens with one attached hydrogen (secondary N) is 2. The Morgan fingerprint density at radius 1 is 1.02 bits per heavy atom. The van der Waals surface area contributed by atoms with Crippen LogP contribution < -0.4 is 21.1 Å². The monoisotopic (exact) mass is 576 g/mol. The molecule has 0 saturated heterocycles. The number of urea groups is 1. The van der Waals surface area contributed by atoms with Gasteiger partial charge in [0, 0.05) is 29.8 Å². The molecule has 212 valence electrons. The highest BCUT2D eigenvalue weighted by atomic mass is 35.5. The molecule has 0 atom stereocenters. The van der Waals surface area contributed by atoms with Crippen LogP contribution in [0.5, 0.6) is 11.5 Å². The number of aryl methyl sites for hydroxylation is 1. The van der Waals surface area contributed by atoms with Crippen molar-refractivity contribution in [1.29, 1.82) is 0 Å². The van der Waals surface area contributed by atoms with Crippen LogP contribution in [0.4, 0.5) is 16.3 Å². The number of nitrogens with two attached hydrogens (primary N) is 1. The van der Waals surface area contributed by atoms with E-state index in [1.54, 1.807) is 41.1 Å². The summed E-state index contributed by atoms with van der Waals surface area (Å²) in [6, 6.07) is 13.8. The molecule has 5 N–H and O–H groups in total. The van der Waals surface area contributed by atoms with Crippen LogP contribution in [-0.2, 0) is 11.8 Å². The molecule has 4 aromatic rings. The summed E-state index contributed by atoms with van der Waals surface area (Å²) in [7, 11) is 0. The molecular formula is C29H29ClN6O5. The van der Waals surface area contributed by atoms with E-state index in [0.717, 1.165) is 5.69 Å². The number of pyridine rings is 1. The number of carboxylic acid groups (broad SMARTS) is 1. The Kier molecular flexibility index (Phi) is 8.29. The number of amides is 3. The lowest BCUT2D eigenvalue weighted by molar-refractivity contribution is 0.0695. The average molecular weight is 577 g/mol. The van der Waals surface area contributed by atoms with E-state index in [9.17, 15) is 19.5 Å². The summed E-state index contributed by atoms with van der Waals surface area (Å²) in [5.74, 6) is -0.595. The third-order valence-corrected chi connectivity index (χ3v) is 6.39. The van der Waals surface area contributed by atoms with Gasteiger partial charge >= 0.3 is 12.0 Å². The van der Waals surface area contributed by atoms with Gasteiger partial charge in [-0.1, -0.05) is 39.3 Å². The van der Waals surface area contributed by atoms with Gasteiger partial charge in [0.15, 0.2) is 0 Å². The highest BCUT2D eigenvalue weighted by Crippen LogP contribution is 2.31. The Bertz CT molecular complexity index is 1640. The van der Waals surface area contributed by atoms with Crippen LogP contribution >= 0.6 is 11.6 Å². The second-order valence-electron chi connectivity index (χ2n) is 10.1. The fourth-order valence-electron chi connectivity index (χ4n) is 3.92. The van der Waals surface area contributed by atoms with Crippen LogP contribution in [0.1, 0.15) is 59.8 Å². The van der Waals surface area contributed by atoms with Crippen molar-refractivity contribution in [3.63, 3.8) is 0 Å². The summed E-state index contributed by atoms with van der Waals surface area (Å²) in [5, 5.41) is 19.9. The summed E-state index contributed by atoms with van der Waals surface area (Å²) in [6.45, 7) is 7.87. The van der Waals surface area contributed by atoms with E-state index < -0.39 is 17.9 Å². The number of benzene rings is 2. The fourth-order valence-corrected chi connectivity index (χ4v) is 4.14. The maximum atomic E-state index is 13.0. The second kappa shape index (κ2) is 11.7. The van der Waals surface area contributed by atoms with E-state index in [-0.39, 0.29) is 21.7 Å². The lowest BCUT2D eigenvalue weighted by atomic mass is 9.92. The predicted octanol–water partition coefficient (Wildman–Crippen LogP) is 6.01. The molecule has 0 radical (unpaired) electrons. The number of nitrogens with zero attached hydrogens (tertiary/aromatic N) is 3. The highest BCUT2D eigenvalue weighted by molar-refractivity contribution is 6.34.